The van der Waals surface area contributed by atoms with Gasteiger partial charge in [0.25, 0.3) is 0 Å². The average molecular weight is 451 g/mol. The molecule has 176 valence electrons. The van der Waals surface area contributed by atoms with Crippen molar-refractivity contribution >= 4 is 29.6 Å². The van der Waals surface area contributed by atoms with Crippen LogP contribution in [0.5, 0.6) is 0 Å². The quantitative estimate of drug-likeness (QED) is 0.168. The molecule has 0 heterocycles. The Morgan fingerprint density at radius 2 is 1.50 bits per heavy atom. The van der Waals surface area contributed by atoms with Crippen molar-refractivity contribution in [2.45, 2.75) is 50.4 Å². The number of aliphatic hydroxyl groups is 1. The summed E-state index contributed by atoms with van der Waals surface area (Å²) < 4.78 is 0. The molecule has 4 atom stereocenters. The lowest BCUT2D eigenvalue weighted by Crippen LogP contribution is -2.57. The Hall–Kier alpha value is -3.51. The third-order valence-electron chi connectivity index (χ3n) is 4.49. The van der Waals surface area contributed by atoms with E-state index in [0.29, 0.717) is 5.56 Å². The summed E-state index contributed by atoms with van der Waals surface area (Å²) in [6, 6.07) is 3.74. The van der Waals surface area contributed by atoms with Crippen LogP contribution in [0.3, 0.4) is 0 Å². The molecular weight excluding hydrogens is 422 g/mol. The minimum absolute atomic E-state index is 0.0391. The van der Waals surface area contributed by atoms with Gasteiger partial charge in [-0.25, -0.2) is 0 Å². The van der Waals surface area contributed by atoms with E-state index in [1.165, 1.54) is 6.92 Å². The van der Waals surface area contributed by atoms with Crippen molar-refractivity contribution in [2.75, 3.05) is 6.61 Å². The predicted molar refractivity (Wildman–Crippen MR) is 113 cm³/mol. The van der Waals surface area contributed by atoms with Gasteiger partial charge in [-0.05, 0) is 18.9 Å². The standard InChI is InChI=1S/C20H29N5O7/c1-11(20(31)32)23-19(30)15(9-12-5-3-2-4-6-12)25-18(29)14(7-8-16(22)27)24-17(28)13(21)10-26/h2-6,11,13-15,26H,7-10,21H2,1H3,(H2,22,27)(H,23,30)(H,24,28)(H,25,29)(H,31,32). The van der Waals surface area contributed by atoms with Gasteiger partial charge in [0.1, 0.15) is 24.2 Å². The molecule has 0 aliphatic carbocycles. The number of nitrogens with two attached hydrogens (primary N) is 2. The molecule has 0 aliphatic heterocycles. The van der Waals surface area contributed by atoms with E-state index in [9.17, 15) is 24.0 Å². The number of aliphatic carboxylic acids is 1. The van der Waals surface area contributed by atoms with Crippen LogP contribution in [0.2, 0.25) is 0 Å². The van der Waals surface area contributed by atoms with Crippen molar-refractivity contribution in [1.29, 1.82) is 0 Å². The van der Waals surface area contributed by atoms with Gasteiger partial charge >= 0.3 is 5.97 Å². The fourth-order valence-corrected chi connectivity index (χ4v) is 2.62. The first-order chi connectivity index (χ1) is 15.0. The van der Waals surface area contributed by atoms with Gasteiger partial charge < -0.3 is 37.6 Å². The molecule has 0 radical (unpaired) electrons. The van der Waals surface area contributed by atoms with Crippen LogP contribution in [0.15, 0.2) is 30.3 Å². The number of nitrogens with one attached hydrogen (secondary N) is 3. The molecule has 0 fully saturated rings. The SMILES string of the molecule is CC(NC(=O)C(Cc1ccccc1)NC(=O)C(CCC(N)=O)NC(=O)C(N)CO)C(=O)O. The Labute approximate surface area is 184 Å². The van der Waals surface area contributed by atoms with Gasteiger partial charge in [-0.3, -0.25) is 24.0 Å². The number of carbonyl (C=O) groups excluding carboxylic acids is 4. The molecule has 12 nitrogen and oxygen atoms in total. The van der Waals surface area contributed by atoms with E-state index in [1.54, 1.807) is 30.3 Å². The van der Waals surface area contributed by atoms with E-state index >= 15 is 0 Å². The van der Waals surface area contributed by atoms with Crippen LogP contribution in [0.25, 0.3) is 0 Å². The second kappa shape index (κ2) is 13.0. The summed E-state index contributed by atoms with van der Waals surface area (Å²) in [5.41, 5.74) is 11.3. The molecule has 1 rings (SSSR count). The summed E-state index contributed by atoms with van der Waals surface area (Å²) in [5, 5.41) is 25.2. The topological polar surface area (TPSA) is 214 Å². The molecule has 12 heteroatoms. The Bertz CT molecular complexity index is 818. The van der Waals surface area contributed by atoms with Gasteiger partial charge in [-0.15, -0.1) is 0 Å². The molecule has 32 heavy (non-hydrogen) atoms. The number of hydrogen-bond acceptors (Lipinski definition) is 7. The maximum absolute atomic E-state index is 12.8. The first-order valence-electron chi connectivity index (χ1n) is 9.87. The van der Waals surface area contributed by atoms with Crippen molar-refractivity contribution < 1.29 is 34.2 Å². The van der Waals surface area contributed by atoms with Crippen LogP contribution in [-0.4, -0.2) is 70.6 Å². The number of carboxylic acids is 1. The number of rotatable bonds is 13. The summed E-state index contributed by atoms with van der Waals surface area (Å²) >= 11 is 0. The second-order valence-corrected chi connectivity index (χ2v) is 7.17. The van der Waals surface area contributed by atoms with E-state index in [1.807, 2.05) is 0 Å². The number of carbonyl (C=O) groups is 5. The van der Waals surface area contributed by atoms with E-state index in [2.05, 4.69) is 16.0 Å². The molecular formula is C20H29N5O7. The highest BCUT2D eigenvalue weighted by Crippen LogP contribution is 2.06. The summed E-state index contributed by atoms with van der Waals surface area (Å²) in [4.78, 5) is 59.8. The first kappa shape index (κ1) is 26.5. The number of hydrogen-bond donors (Lipinski definition) is 7. The first-order valence-corrected chi connectivity index (χ1v) is 9.87. The third kappa shape index (κ3) is 9.10. The van der Waals surface area contributed by atoms with Crippen LogP contribution in [0.4, 0.5) is 0 Å². The minimum atomic E-state index is -1.29. The molecule has 0 bridgehead atoms. The molecule has 0 saturated carbocycles. The van der Waals surface area contributed by atoms with Gasteiger partial charge in [0.15, 0.2) is 0 Å². The minimum Gasteiger partial charge on any atom is -0.480 e. The number of amides is 4. The number of primary amides is 1. The molecule has 9 N–H and O–H groups in total. The number of benzene rings is 1. The monoisotopic (exact) mass is 451 g/mol. The van der Waals surface area contributed by atoms with Gasteiger partial charge in [0.05, 0.1) is 6.61 Å². The number of aliphatic hydroxyl groups excluding tert-OH is 1. The summed E-state index contributed by atoms with van der Waals surface area (Å²) in [6.07, 6.45) is -0.369. The molecule has 0 aromatic heterocycles. The second-order valence-electron chi connectivity index (χ2n) is 7.17. The molecule has 4 unspecified atom stereocenters. The summed E-state index contributed by atoms with van der Waals surface area (Å²) in [5.74, 6) is -4.35. The van der Waals surface area contributed by atoms with Crippen LogP contribution < -0.4 is 27.4 Å². The molecule has 0 saturated heterocycles. The lowest BCUT2D eigenvalue weighted by Gasteiger charge is -2.24. The smallest absolute Gasteiger partial charge is 0.325 e. The van der Waals surface area contributed by atoms with Crippen molar-refractivity contribution in [2.24, 2.45) is 11.5 Å². The fraction of sp³-hybridized carbons (Fsp3) is 0.450. The van der Waals surface area contributed by atoms with E-state index in [4.69, 9.17) is 21.7 Å². The Kier molecular flexibility index (Phi) is 10.8. The Morgan fingerprint density at radius 3 is 2.03 bits per heavy atom. The maximum atomic E-state index is 12.8. The van der Waals surface area contributed by atoms with Gasteiger partial charge in [-0.2, -0.15) is 0 Å². The normalized spacial score (nSPS) is 14.3. The zero-order valence-electron chi connectivity index (χ0n) is 17.6. The zero-order valence-corrected chi connectivity index (χ0v) is 17.6. The summed E-state index contributed by atoms with van der Waals surface area (Å²) in [6.45, 7) is 0.607. The molecule has 1 aromatic carbocycles. The van der Waals surface area contributed by atoms with Crippen molar-refractivity contribution in [3.8, 4) is 0 Å². The predicted octanol–water partition coefficient (Wildman–Crippen LogP) is -2.63. The van der Waals surface area contributed by atoms with Gasteiger partial charge in [-0.1, -0.05) is 30.3 Å². The maximum Gasteiger partial charge on any atom is 0.325 e. The highest BCUT2D eigenvalue weighted by Gasteiger charge is 2.29. The Balaban J connectivity index is 3.05. The number of carboxylic acid groups (broad SMARTS) is 1. The Morgan fingerprint density at radius 1 is 0.938 bits per heavy atom. The van der Waals surface area contributed by atoms with Crippen LogP contribution in [0, 0.1) is 0 Å². The van der Waals surface area contributed by atoms with E-state index < -0.39 is 60.4 Å². The lowest BCUT2D eigenvalue weighted by atomic mass is 10.0. The largest absolute Gasteiger partial charge is 0.480 e. The zero-order chi connectivity index (χ0) is 24.3. The van der Waals surface area contributed by atoms with E-state index in [0.717, 1.165) is 0 Å². The van der Waals surface area contributed by atoms with Gasteiger partial charge in [0, 0.05) is 12.8 Å². The van der Waals surface area contributed by atoms with E-state index in [-0.39, 0.29) is 19.3 Å². The van der Waals surface area contributed by atoms with Gasteiger partial charge in [0.2, 0.25) is 23.6 Å². The highest BCUT2D eigenvalue weighted by molar-refractivity contribution is 5.94. The van der Waals surface area contributed by atoms with Crippen molar-refractivity contribution in [1.82, 2.24) is 16.0 Å². The van der Waals surface area contributed by atoms with Crippen LogP contribution in [-0.2, 0) is 30.4 Å². The molecule has 4 amide bonds. The molecule has 0 spiro atoms. The molecule has 0 aliphatic rings. The van der Waals surface area contributed by atoms with Crippen LogP contribution >= 0.6 is 0 Å². The average Bonchev–Trinajstić information content (AvgIpc) is 2.75. The molecule has 1 aromatic rings. The van der Waals surface area contributed by atoms with Crippen LogP contribution in [0.1, 0.15) is 25.3 Å². The van der Waals surface area contributed by atoms with Crippen molar-refractivity contribution in [3.63, 3.8) is 0 Å². The third-order valence-corrected chi connectivity index (χ3v) is 4.49. The summed E-state index contributed by atoms with van der Waals surface area (Å²) in [7, 11) is 0. The highest BCUT2D eigenvalue weighted by atomic mass is 16.4. The fourth-order valence-electron chi connectivity index (χ4n) is 2.62. The van der Waals surface area contributed by atoms with Crippen molar-refractivity contribution in [3.05, 3.63) is 35.9 Å². The lowest BCUT2D eigenvalue weighted by molar-refractivity contribution is -0.141.